The Morgan fingerprint density at radius 3 is 2.50 bits per heavy atom. The van der Waals surface area contributed by atoms with Crippen molar-refractivity contribution in [2.45, 2.75) is 25.9 Å². The number of hydrogen-bond donors (Lipinski definition) is 1. The van der Waals surface area contributed by atoms with E-state index in [9.17, 15) is 22.8 Å². The van der Waals surface area contributed by atoms with E-state index in [0.29, 0.717) is 0 Å². The van der Waals surface area contributed by atoms with Crippen molar-refractivity contribution in [1.29, 1.82) is 5.26 Å². The number of nitriles is 1. The average Bonchev–Trinajstić information content (AvgIpc) is 2.23. The van der Waals surface area contributed by atoms with Gasteiger partial charge in [-0.15, -0.1) is 0 Å². The van der Waals surface area contributed by atoms with E-state index in [1.54, 1.807) is 0 Å². The first kappa shape index (κ1) is 15.9. The summed E-state index contributed by atoms with van der Waals surface area (Å²) in [7, 11) is 0. The molecule has 18 heavy (non-hydrogen) atoms. The van der Waals surface area contributed by atoms with Gasteiger partial charge in [0.2, 0.25) is 0 Å². The van der Waals surface area contributed by atoms with E-state index in [1.807, 2.05) is 0 Å². The van der Waals surface area contributed by atoms with Gasteiger partial charge in [0.05, 0.1) is 19.1 Å². The Morgan fingerprint density at radius 2 is 2.06 bits per heavy atom. The zero-order chi connectivity index (χ0) is 14.2. The molecule has 0 atom stereocenters. The standard InChI is InChI=1S/C9H10F3N3O3/c1-2-18-8(17)5-6(9(10,11)12)14-15-7(16)3-4-13/h2-3,5H2,1H3,(H,15,16)/b14-6+. The quantitative estimate of drug-likeness (QED) is 0.454. The summed E-state index contributed by atoms with van der Waals surface area (Å²) in [5.74, 6) is -2.11. The van der Waals surface area contributed by atoms with Gasteiger partial charge in [0, 0.05) is 0 Å². The van der Waals surface area contributed by atoms with Crippen molar-refractivity contribution in [3.8, 4) is 6.07 Å². The number of alkyl halides is 3. The van der Waals surface area contributed by atoms with Gasteiger partial charge in [0.15, 0.2) is 5.71 Å². The van der Waals surface area contributed by atoms with Gasteiger partial charge in [-0.3, -0.25) is 9.59 Å². The number of amides is 1. The number of nitrogens with one attached hydrogen (secondary N) is 1. The number of rotatable bonds is 5. The number of esters is 1. The fraction of sp³-hybridized carbons (Fsp3) is 0.556. The van der Waals surface area contributed by atoms with Crippen molar-refractivity contribution in [1.82, 2.24) is 5.43 Å². The molecule has 0 aliphatic heterocycles. The average molecular weight is 265 g/mol. The van der Waals surface area contributed by atoms with Gasteiger partial charge >= 0.3 is 12.1 Å². The third-order valence-corrected chi connectivity index (χ3v) is 1.50. The molecule has 6 nitrogen and oxygen atoms in total. The summed E-state index contributed by atoms with van der Waals surface area (Å²) in [4.78, 5) is 21.7. The first-order valence-corrected chi connectivity index (χ1v) is 4.76. The molecular weight excluding hydrogens is 255 g/mol. The molecule has 0 radical (unpaired) electrons. The van der Waals surface area contributed by atoms with Gasteiger partial charge in [-0.2, -0.15) is 23.5 Å². The van der Waals surface area contributed by atoms with Crippen molar-refractivity contribution in [3.63, 3.8) is 0 Å². The van der Waals surface area contributed by atoms with Crippen molar-refractivity contribution in [3.05, 3.63) is 0 Å². The molecule has 0 aromatic rings. The Morgan fingerprint density at radius 1 is 1.44 bits per heavy atom. The van der Waals surface area contributed by atoms with Crippen LogP contribution in [0.4, 0.5) is 13.2 Å². The summed E-state index contributed by atoms with van der Waals surface area (Å²) in [5, 5.41) is 10.9. The summed E-state index contributed by atoms with van der Waals surface area (Å²) < 4.78 is 41.5. The van der Waals surface area contributed by atoms with Gasteiger partial charge in [-0.25, -0.2) is 5.43 Å². The molecule has 1 N–H and O–H groups in total. The van der Waals surface area contributed by atoms with Crippen LogP contribution >= 0.6 is 0 Å². The number of nitrogens with zero attached hydrogens (tertiary/aromatic N) is 2. The van der Waals surface area contributed by atoms with Crippen LogP contribution in [0.1, 0.15) is 19.8 Å². The van der Waals surface area contributed by atoms with Gasteiger partial charge in [0.1, 0.15) is 6.42 Å². The maximum absolute atomic E-state index is 12.4. The molecule has 100 valence electrons. The Hall–Kier alpha value is -2.11. The van der Waals surface area contributed by atoms with Crippen LogP contribution < -0.4 is 5.43 Å². The maximum Gasteiger partial charge on any atom is 0.431 e. The Labute approximate surface area is 100 Å². The molecule has 0 aromatic carbocycles. The highest BCUT2D eigenvalue weighted by molar-refractivity contribution is 6.02. The Balaban J connectivity index is 4.70. The first-order chi connectivity index (χ1) is 8.31. The number of ether oxygens (including phenoxy) is 1. The number of carbonyl (C=O) groups excluding carboxylic acids is 2. The normalized spacial score (nSPS) is 11.6. The number of hydrogen-bond acceptors (Lipinski definition) is 5. The molecule has 0 rings (SSSR count). The van der Waals surface area contributed by atoms with Crippen LogP contribution in [0, 0.1) is 11.3 Å². The van der Waals surface area contributed by atoms with Crippen LogP contribution in [0.5, 0.6) is 0 Å². The van der Waals surface area contributed by atoms with Gasteiger partial charge < -0.3 is 4.74 Å². The highest BCUT2D eigenvalue weighted by atomic mass is 19.4. The minimum Gasteiger partial charge on any atom is -0.466 e. The molecule has 0 fully saturated rings. The lowest BCUT2D eigenvalue weighted by Crippen LogP contribution is -2.30. The molecule has 0 aliphatic rings. The van der Waals surface area contributed by atoms with Crippen molar-refractivity contribution >= 4 is 17.6 Å². The number of carbonyl (C=O) groups is 2. The number of hydrazone groups is 1. The fourth-order valence-electron chi connectivity index (χ4n) is 0.793. The zero-order valence-corrected chi connectivity index (χ0v) is 9.37. The van der Waals surface area contributed by atoms with E-state index >= 15 is 0 Å². The minimum absolute atomic E-state index is 0.0647. The summed E-state index contributed by atoms with van der Waals surface area (Å²) in [5.41, 5.74) is 0.0431. The molecule has 0 aromatic heterocycles. The maximum atomic E-state index is 12.4. The lowest BCUT2D eigenvalue weighted by atomic mass is 10.2. The minimum atomic E-state index is -4.87. The molecular formula is C9H10F3N3O3. The van der Waals surface area contributed by atoms with E-state index in [0.717, 1.165) is 0 Å². The summed E-state index contributed by atoms with van der Waals surface area (Å²) in [6.45, 7) is 1.38. The van der Waals surface area contributed by atoms with Crippen LogP contribution in [0.15, 0.2) is 5.10 Å². The van der Waals surface area contributed by atoms with Crippen molar-refractivity contribution < 1.29 is 27.5 Å². The number of halogens is 3. The zero-order valence-electron chi connectivity index (χ0n) is 9.37. The Kier molecular flexibility index (Phi) is 6.41. The third kappa shape index (κ3) is 6.47. The van der Waals surface area contributed by atoms with E-state index in [2.05, 4.69) is 9.84 Å². The van der Waals surface area contributed by atoms with E-state index in [4.69, 9.17) is 5.26 Å². The molecule has 0 heterocycles. The van der Waals surface area contributed by atoms with Crippen LogP contribution in [0.2, 0.25) is 0 Å². The molecule has 0 saturated carbocycles. The van der Waals surface area contributed by atoms with Crippen LogP contribution in [-0.4, -0.2) is 30.4 Å². The summed E-state index contributed by atoms with van der Waals surface area (Å²) in [6.07, 6.45) is -6.61. The SMILES string of the molecule is CCOC(=O)C/C(=N\NC(=O)CC#N)C(F)(F)F. The largest absolute Gasteiger partial charge is 0.466 e. The molecule has 0 bridgehead atoms. The highest BCUT2D eigenvalue weighted by Gasteiger charge is 2.37. The predicted octanol–water partition coefficient (Wildman–Crippen LogP) is 0.888. The monoisotopic (exact) mass is 265 g/mol. The fourth-order valence-corrected chi connectivity index (χ4v) is 0.793. The topological polar surface area (TPSA) is 91.5 Å². The second kappa shape index (κ2) is 7.26. The van der Waals surface area contributed by atoms with Crippen molar-refractivity contribution in [2.24, 2.45) is 5.10 Å². The molecule has 0 unspecified atom stereocenters. The molecule has 0 spiro atoms. The van der Waals surface area contributed by atoms with Crippen LogP contribution in [0.3, 0.4) is 0 Å². The Bertz CT molecular complexity index is 385. The van der Waals surface area contributed by atoms with Gasteiger partial charge in [0.25, 0.3) is 5.91 Å². The third-order valence-electron chi connectivity index (χ3n) is 1.50. The van der Waals surface area contributed by atoms with Gasteiger partial charge in [-0.05, 0) is 6.92 Å². The first-order valence-electron chi connectivity index (χ1n) is 4.76. The summed E-state index contributed by atoms with van der Waals surface area (Å²) in [6, 6.07) is 1.44. The predicted molar refractivity (Wildman–Crippen MR) is 53.1 cm³/mol. The van der Waals surface area contributed by atoms with Crippen LogP contribution in [-0.2, 0) is 14.3 Å². The van der Waals surface area contributed by atoms with E-state index in [1.165, 1.54) is 18.4 Å². The molecule has 0 aliphatic carbocycles. The molecule has 0 saturated heterocycles. The van der Waals surface area contributed by atoms with Gasteiger partial charge in [-0.1, -0.05) is 0 Å². The lowest BCUT2D eigenvalue weighted by molar-refractivity contribution is -0.142. The van der Waals surface area contributed by atoms with E-state index in [-0.39, 0.29) is 6.61 Å². The molecule has 9 heteroatoms. The molecule has 1 amide bonds. The highest BCUT2D eigenvalue weighted by Crippen LogP contribution is 2.19. The lowest BCUT2D eigenvalue weighted by Gasteiger charge is -2.09. The second-order valence-corrected chi connectivity index (χ2v) is 2.91. The van der Waals surface area contributed by atoms with Crippen LogP contribution in [0.25, 0.3) is 0 Å². The second-order valence-electron chi connectivity index (χ2n) is 2.91. The van der Waals surface area contributed by atoms with E-state index < -0.39 is 36.6 Å². The smallest absolute Gasteiger partial charge is 0.431 e. The van der Waals surface area contributed by atoms with Crippen molar-refractivity contribution in [2.75, 3.05) is 6.61 Å². The summed E-state index contributed by atoms with van der Waals surface area (Å²) >= 11 is 0.